The number of fused-ring (bicyclic) bond motifs is 1. The van der Waals surface area contributed by atoms with Crippen LogP contribution in [0.25, 0.3) is 0 Å². The van der Waals surface area contributed by atoms with Gasteiger partial charge < -0.3 is 29.4 Å². The van der Waals surface area contributed by atoms with E-state index in [4.69, 9.17) is 4.74 Å². The van der Waals surface area contributed by atoms with Gasteiger partial charge in [0, 0.05) is 55.5 Å². The summed E-state index contributed by atoms with van der Waals surface area (Å²) in [7, 11) is 0. The number of rotatable bonds is 14. The highest BCUT2D eigenvalue weighted by atomic mass is 79.9. The van der Waals surface area contributed by atoms with Crippen LogP contribution in [0.4, 0.5) is 11.4 Å². The van der Waals surface area contributed by atoms with Crippen molar-refractivity contribution >= 4 is 45.0 Å². The summed E-state index contributed by atoms with van der Waals surface area (Å²) in [6.07, 6.45) is 3.14. The zero-order valence-electron chi connectivity index (χ0n) is 26.1. The molecule has 6 atom stereocenters. The van der Waals surface area contributed by atoms with Gasteiger partial charge in [-0.15, -0.1) is 13.2 Å². The average Bonchev–Trinajstić information content (AvgIpc) is 3.64. The van der Waals surface area contributed by atoms with E-state index in [-0.39, 0.29) is 42.2 Å². The van der Waals surface area contributed by atoms with Crippen LogP contribution in [0.5, 0.6) is 0 Å². The molecule has 9 nitrogen and oxygen atoms in total. The SMILES string of the molecule is C=CCN(Cc1ccccc1)C(=O)[C@H]1[C@H]2C(=O)N(CCO)C(C(=O)N(CC=C)c3ccc(N(CC)CC)cc3)C23CC(Br)[C@@H]1O3. The number of halogens is 1. The standard InChI is InChI=1S/C35H43BrN4O5/c1-5-18-38(23-24-12-10-9-11-13-24)32(42)28-29-33(43)40(20-21-41)31(35(29)22-27(36)30(28)45-35)34(44)39(19-6-2)26-16-14-25(15-17-26)37(7-3)8-4/h5-6,9-17,27-31,41H,1-2,7-8,18-23H2,3-4H3/t27?,28-,29-,30-,31?,35?/m0/s1. The molecule has 5 rings (SSSR count). The fourth-order valence-electron chi connectivity index (χ4n) is 7.47. The summed E-state index contributed by atoms with van der Waals surface area (Å²) in [6.45, 7) is 14.2. The topological polar surface area (TPSA) is 93.6 Å². The van der Waals surface area contributed by atoms with Gasteiger partial charge >= 0.3 is 0 Å². The molecular weight excluding hydrogens is 636 g/mol. The molecule has 240 valence electrons. The first kappa shape index (κ1) is 32.9. The zero-order valence-corrected chi connectivity index (χ0v) is 27.6. The molecule has 1 N–H and O–H groups in total. The molecule has 2 aromatic carbocycles. The number of likely N-dealkylation sites (tertiary alicyclic amines) is 1. The fourth-order valence-corrected chi connectivity index (χ4v) is 8.42. The molecule has 3 aliphatic rings. The molecule has 2 bridgehead atoms. The number of hydrogen-bond acceptors (Lipinski definition) is 6. The van der Waals surface area contributed by atoms with Crippen molar-refractivity contribution in [2.24, 2.45) is 11.8 Å². The third kappa shape index (κ3) is 5.84. The Kier molecular flexibility index (Phi) is 10.2. The molecule has 3 saturated heterocycles. The summed E-state index contributed by atoms with van der Waals surface area (Å²) in [4.78, 5) is 50.0. The molecule has 10 heteroatoms. The predicted octanol–water partition coefficient (Wildman–Crippen LogP) is 4.01. The van der Waals surface area contributed by atoms with E-state index in [9.17, 15) is 19.5 Å². The highest BCUT2D eigenvalue weighted by molar-refractivity contribution is 9.09. The molecule has 0 aromatic heterocycles. The van der Waals surface area contributed by atoms with E-state index < -0.39 is 29.6 Å². The Morgan fingerprint density at radius 3 is 2.27 bits per heavy atom. The Morgan fingerprint density at radius 2 is 1.67 bits per heavy atom. The van der Waals surface area contributed by atoms with Crippen LogP contribution in [-0.2, 0) is 25.7 Å². The van der Waals surface area contributed by atoms with E-state index >= 15 is 0 Å². The molecule has 3 unspecified atom stereocenters. The second kappa shape index (κ2) is 13.9. The minimum Gasteiger partial charge on any atom is -0.395 e. The van der Waals surface area contributed by atoms with Gasteiger partial charge in [-0.05, 0) is 50.1 Å². The summed E-state index contributed by atoms with van der Waals surface area (Å²) in [5.41, 5.74) is 1.45. The van der Waals surface area contributed by atoms with Crippen LogP contribution in [0, 0.1) is 11.8 Å². The maximum absolute atomic E-state index is 14.7. The normalized spacial score (nSPS) is 26.4. The fraction of sp³-hybridized carbons (Fsp3) is 0.457. The average molecular weight is 680 g/mol. The second-order valence-corrected chi connectivity index (χ2v) is 13.0. The minimum absolute atomic E-state index is 0.0431. The molecule has 3 amide bonds. The van der Waals surface area contributed by atoms with Gasteiger partial charge in [-0.3, -0.25) is 14.4 Å². The first-order valence-electron chi connectivity index (χ1n) is 15.7. The van der Waals surface area contributed by atoms with Crippen molar-refractivity contribution in [3.05, 3.63) is 85.5 Å². The number of hydrogen-bond donors (Lipinski definition) is 1. The Bertz CT molecular complexity index is 1400. The van der Waals surface area contributed by atoms with Crippen LogP contribution in [0.1, 0.15) is 25.8 Å². The number of nitrogens with zero attached hydrogens (tertiary/aromatic N) is 4. The van der Waals surface area contributed by atoms with Gasteiger partial charge in [-0.1, -0.05) is 58.4 Å². The van der Waals surface area contributed by atoms with Crippen molar-refractivity contribution in [1.82, 2.24) is 9.80 Å². The van der Waals surface area contributed by atoms with E-state index in [0.717, 1.165) is 24.3 Å². The Hall–Kier alpha value is -3.47. The smallest absolute Gasteiger partial charge is 0.253 e. The molecule has 2 aromatic rings. The van der Waals surface area contributed by atoms with Crippen LogP contribution in [0.15, 0.2) is 79.9 Å². The summed E-state index contributed by atoms with van der Waals surface area (Å²) in [5.74, 6) is -2.52. The lowest BCUT2D eigenvalue weighted by Crippen LogP contribution is -2.57. The lowest BCUT2D eigenvalue weighted by Gasteiger charge is -2.37. The van der Waals surface area contributed by atoms with Gasteiger partial charge in [0.2, 0.25) is 11.8 Å². The number of amides is 3. The van der Waals surface area contributed by atoms with Crippen molar-refractivity contribution in [3.63, 3.8) is 0 Å². The first-order chi connectivity index (χ1) is 21.8. The number of aliphatic hydroxyl groups excluding tert-OH is 1. The van der Waals surface area contributed by atoms with E-state index in [1.165, 1.54) is 4.90 Å². The van der Waals surface area contributed by atoms with Gasteiger partial charge in [0.25, 0.3) is 5.91 Å². The maximum atomic E-state index is 14.7. The molecule has 45 heavy (non-hydrogen) atoms. The van der Waals surface area contributed by atoms with E-state index in [1.54, 1.807) is 22.0 Å². The van der Waals surface area contributed by atoms with E-state index in [0.29, 0.717) is 25.2 Å². The number of carbonyl (C=O) groups is 3. The summed E-state index contributed by atoms with van der Waals surface area (Å²) >= 11 is 3.75. The highest BCUT2D eigenvalue weighted by Gasteiger charge is 2.76. The number of alkyl halides is 1. The molecule has 0 aliphatic carbocycles. The van der Waals surface area contributed by atoms with Crippen LogP contribution in [-0.4, -0.2) is 94.5 Å². The lowest BCUT2D eigenvalue weighted by molar-refractivity contribution is -0.145. The molecule has 3 fully saturated rings. The van der Waals surface area contributed by atoms with Crippen molar-refractivity contribution in [1.29, 1.82) is 0 Å². The summed E-state index contributed by atoms with van der Waals surface area (Å²) < 4.78 is 6.69. The largest absolute Gasteiger partial charge is 0.395 e. The third-order valence-corrected chi connectivity index (χ3v) is 10.2. The third-order valence-electron chi connectivity index (χ3n) is 9.39. The monoisotopic (exact) mass is 678 g/mol. The molecule has 3 heterocycles. The number of aliphatic hydroxyl groups is 1. The lowest BCUT2D eigenvalue weighted by atomic mass is 9.70. The van der Waals surface area contributed by atoms with E-state index in [2.05, 4.69) is 47.8 Å². The summed E-state index contributed by atoms with van der Waals surface area (Å²) in [5, 5.41) is 10.0. The number of ether oxygens (including phenoxy) is 1. The van der Waals surface area contributed by atoms with Crippen molar-refractivity contribution in [2.45, 2.75) is 49.4 Å². The number of anilines is 2. The van der Waals surface area contributed by atoms with Crippen LogP contribution in [0.3, 0.4) is 0 Å². The number of carbonyl (C=O) groups excluding carboxylic acids is 3. The second-order valence-electron chi connectivity index (χ2n) is 11.8. The van der Waals surface area contributed by atoms with Crippen molar-refractivity contribution < 1.29 is 24.2 Å². The quantitative estimate of drug-likeness (QED) is 0.240. The maximum Gasteiger partial charge on any atom is 0.253 e. The Balaban J connectivity index is 1.51. The van der Waals surface area contributed by atoms with Gasteiger partial charge in [0.15, 0.2) is 0 Å². The van der Waals surface area contributed by atoms with Gasteiger partial charge in [0.05, 0.1) is 24.5 Å². The molecule has 0 saturated carbocycles. The van der Waals surface area contributed by atoms with Crippen LogP contribution in [0.2, 0.25) is 0 Å². The van der Waals surface area contributed by atoms with Crippen molar-refractivity contribution in [2.75, 3.05) is 49.1 Å². The zero-order chi connectivity index (χ0) is 32.3. The summed E-state index contributed by atoms with van der Waals surface area (Å²) in [6, 6.07) is 16.4. The van der Waals surface area contributed by atoms with Gasteiger partial charge in [0.1, 0.15) is 11.6 Å². The van der Waals surface area contributed by atoms with Crippen LogP contribution >= 0.6 is 15.9 Å². The predicted molar refractivity (Wildman–Crippen MR) is 179 cm³/mol. The van der Waals surface area contributed by atoms with Gasteiger partial charge in [-0.2, -0.15) is 0 Å². The van der Waals surface area contributed by atoms with E-state index in [1.807, 2.05) is 54.6 Å². The molecule has 3 aliphatic heterocycles. The molecule has 0 radical (unpaired) electrons. The highest BCUT2D eigenvalue weighted by Crippen LogP contribution is 2.60. The van der Waals surface area contributed by atoms with Gasteiger partial charge in [-0.25, -0.2) is 0 Å². The number of benzene rings is 2. The van der Waals surface area contributed by atoms with Crippen LogP contribution < -0.4 is 9.80 Å². The Morgan fingerprint density at radius 1 is 1.02 bits per heavy atom. The molecule has 1 spiro atoms. The minimum atomic E-state index is -1.23. The number of β-amino-alcohol motifs (C(OH)–C–C–N with tert-alkyl or cyclic N) is 1. The van der Waals surface area contributed by atoms with Crippen molar-refractivity contribution in [3.8, 4) is 0 Å². The Labute approximate surface area is 274 Å². The first-order valence-corrected chi connectivity index (χ1v) is 16.6. The molecular formula is C35H43BrN4O5.